The van der Waals surface area contributed by atoms with E-state index in [1.54, 1.807) is 6.07 Å². The van der Waals surface area contributed by atoms with E-state index in [-0.39, 0.29) is 24.8 Å². The van der Waals surface area contributed by atoms with Gasteiger partial charge in [-0.2, -0.15) is 0 Å². The molecule has 1 aliphatic heterocycles. The van der Waals surface area contributed by atoms with E-state index in [9.17, 15) is 19.2 Å². The maximum atomic E-state index is 13.8. The molecule has 1 aromatic heterocycles. The predicted molar refractivity (Wildman–Crippen MR) is 114 cm³/mol. The van der Waals surface area contributed by atoms with Crippen molar-refractivity contribution in [3.05, 3.63) is 36.8 Å². The Balaban J connectivity index is 1.77. The molecule has 8 heteroatoms. The van der Waals surface area contributed by atoms with Gasteiger partial charge in [-0.3, -0.25) is 19.2 Å². The van der Waals surface area contributed by atoms with Crippen molar-refractivity contribution >= 4 is 23.7 Å². The topological polar surface area (TPSA) is 109 Å². The molecule has 0 N–H and O–H groups in total. The van der Waals surface area contributed by atoms with Crippen LogP contribution in [0.2, 0.25) is 0 Å². The van der Waals surface area contributed by atoms with Crippen molar-refractivity contribution in [1.82, 2.24) is 0 Å². The molecule has 2 saturated carbocycles. The fraction of sp³-hybridized carbons (Fsp3) is 0.600. The Morgan fingerprint density at radius 2 is 2.03 bits per heavy atom. The number of carbonyl (C=O) groups is 4. The molecule has 1 aromatic rings. The molecule has 178 valence electrons. The zero-order valence-electron chi connectivity index (χ0n) is 19.2. The van der Waals surface area contributed by atoms with Crippen LogP contribution in [-0.4, -0.2) is 36.4 Å². The summed E-state index contributed by atoms with van der Waals surface area (Å²) in [5.74, 6) is -3.48. The highest BCUT2D eigenvalue weighted by molar-refractivity contribution is 5.93. The molecule has 2 heterocycles. The van der Waals surface area contributed by atoms with E-state index in [1.807, 2.05) is 13.8 Å². The van der Waals surface area contributed by atoms with Crippen LogP contribution < -0.4 is 0 Å². The van der Waals surface area contributed by atoms with E-state index in [1.165, 1.54) is 25.5 Å². The summed E-state index contributed by atoms with van der Waals surface area (Å²) in [6.45, 7) is 8.73. The highest BCUT2D eigenvalue weighted by atomic mass is 16.6. The summed E-state index contributed by atoms with van der Waals surface area (Å²) in [6.07, 6.45) is 4.34. The number of fused-ring (bicyclic) bond motifs is 3. The monoisotopic (exact) mass is 458 g/mol. The van der Waals surface area contributed by atoms with Gasteiger partial charge in [-0.1, -0.05) is 26.5 Å². The van der Waals surface area contributed by atoms with Gasteiger partial charge < -0.3 is 18.6 Å². The Hall–Kier alpha value is -2.90. The van der Waals surface area contributed by atoms with Crippen molar-refractivity contribution < 1.29 is 37.8 Å². The molecule has 2 aliphatic carbocycles. The zero-order valence-corrected chi connectivity index (χ0v) is 19.2. The number of Topliss-reactive ketones (excluding diaryl/α,β-unsaturated/α-hetero) is 1. The number of esters is 3. The van der Waals surface area contributed by atoms with Gasteiger partial charge >= 0.3 is 17.9 Å². The molecule has 1 saturated heterocycles. The summed E-state index contributed by atoms with van der Waals surface area (Å²) in [4.78, 5) is 51.8. The number of furan rings is 1. The smallest absolute Gasteiger partial charge is 0.310 e. The minimum atomic E-state index is -1.07. The highest BCUT2D eigenvalue weighted by Crippen LogP contribution is 2.65. The third-order valence-corrected chi connectivity index (χ3v) is 7.95. The molecule has 33 heavy (non-hydrogen) atoms. The summed E-state index contributed by atoms with van der Waals surface area (Å²) in [5.41, 5.74) is -0.829. The molecular formula is C25H30O8. The minimum absolute atomic E-state index is 0.0526. The van der Waals surface area contributed by atoms with Crippen molar-refractivity contribution in [3.63, 3.8) is 0 Å². The van der Waals surface area contributed by atoms with Crippen LogP contribution in [0.15, 0.2) is 35.7 Å². The van der Waals surface area contributed by atoms with Gasteiger partial charge in [-0.15, -0.1) is 0 Å². The van der Waals surface area contributed by atoms with Crippen LogP contribution >= 0.6 is 0 Å². The van der Waals surface area contributed by atoms with Crippen LogP contribution in [-0.2, 0) is 33.4 Å². The average molecular weight is 459 g/mol. The van der Waals surface area contributed by atoms with Gasteiger partial charge in [-0.25, -0.2) is 0 Å². The van der Waals surface area contributed by atoms with Crippen LogP contribution in [0.3, 0.4) is 0 Å². The third kappa shape index (κ3) is 3.79. The van der Waals surface area contributed by atoms with Crippen LogP contribution in [0.4, 0.5) is 0 Å². The van der Waals surface area contributed by atoms with Gasteiger partial charge in [0.25, 0.3) is 0 Å². The molecule has 0 spiro atoms. The van der Waals surface area contributed by atoms with Crippen molar-refractivity contribution in [2.75, 3.05) is 6.61 Å². The first-order valence-electron chi connectivity index (χ1n) is 11.3. The second kappa shape index (κ2) is 8.47. The van der Waals surface area contributed by atoms with Crippen LogP contribution in [0.1, 0.15) is 58.1 Å². The third-order valence-electron chi connectivity index (χ3n) is 7.95. The molecule has 0 radical (unpaired) electrons. The normalized spacial score (nSPS) is 37.8. The lowest BCUT2D eigenvalue weighted by Gasteiger charge is -2.61. The first-order valence-corrected chi connectivity index (χ1v) is 11.3. The summed E-state index contributed by atoms with van der Waals surface area (Å²) < 4.78 is 21.7. The molecule has 0 aromatic carbocycles. The Morgan fingerprint density at radius 1 is 1.27 bits per heavy atom. The first kappa shape index (κ1) is 23.3. The van der Waals surface area contributed by atoms with E-state index in [0.717, 1.165) is 5.56 Å². The zero-order chi connectivity index (χ0) is 24.0. The molecule has 4 rings (SSSR count). The molecule has 0 unspecified atom stereocenters. The number of cyclic esters (lactones) is 1. The van der Waals surface area contributed by atoms with Gasteiger partial charge in [0.1, 0.15) is 12.7 Å². The van der Waals surface area contributed by atoms with Gasteiger partial charge in [0, 0.05) is 24.8 Å². The maximum Gasteiger partial charge on any atom is 0.310 e. The fourth-order valence-corrected chi connectivity index (χ4v) is 6.56. The lowest BCUT2D eigenvalue weighted by Crippen LogP contribution is -2.64. The van der Waals surface area contributed by atoms with Gasteiger partial charge in [0.2, 0.25) is 0 Å². The van der Waals surface area contributed by atoms with Crippen LogP contribution in [0.5, 0.6) is 0 Å². The Morgan fingerprint density at radius 3 is 2.67 bits per heavy atom. The molecule has 3 fully saturated rings. The summed E-state index contributed by atoms with van der Waals surface area (Å²) >= 11 is 0. The number of rotatable bonds is 5. The maximum absolute atomic E-state index is 13.8. The second-order valence-electron chi connectivity index (χ2n) is 9.93. The predicted octanol–water partition coefficient (Wildman–Crippen LogP) is 3.56. The quantitative estimate of drug-likeness (QED) is 0.374. The number of ether oxygens (including phenoxy) is 3. The van der Waals surface area contributed by atoms with E-state index < -0.39 is 52.7 Å². The molecule has 3 aliphatic rings. The highest BCUT2D eigenvalue weighted by Gasteiger charge is 2.67. The number of ketones is 1. The van der Waals surface area contributed by atoms with Gasteiger partial charge in [0.05, 0.1) is 24.4 Å². The number of hydrogen-bond acceptors (Lipinski definition) is 8. The second-order valence-corrected chi connectivity index (χ2v) is 9.93. The van der Waals surface area contributed by atoms with Crippen molar-refractivity contribution in [2.24, 2.45) is 28.6 Å². The lowest BCUT2D eigenvalue weighted by atomic mass is 9.43. The number of hydrogen-bond donors (Lipinski definition) is 0. The largest absolute Gasteiger partial charge is 0.472 e. The van der Waals surface area contributed by atoms with Crippen molar-refractivity contribution in [3.8, 4) is 0 Å². The first-order chi connectivity index (χ1) is 15.6. The van der Waals surface area contributed by atoms with Gasteiger partial charge in [-0.05, 0) is 36.2 Å². The average Bonchev–Trinajstić information content (AvgIpc) is 3.27. The van der Waals surface area contributed by atoms with E-state index in [0.29, 0.717) is 19.3 Å². The van der Waals surface area contributed by atoms with E-state index >= 15 is 0 Å². The minimum Gasteiger partial charge on any atom is -0.472 e. The number of carbonyl (C=O) groups excluding carboxylic acids is 4. The Kier molecular flexibility index (Phi) is 5.97. The van der Waals surface area contributed by atoms with E-state index in [2.05, 4.69) is 6.58 Å². The van der Waals surface area contributed by atoms with Crippen molar-refractivity contribution in [1.29, 1.82) is 0 Å². The lowest BCUT2D eigenvalue weighted by molar-refractivity contribution is -0.210. The molecule has 0 amide bonds. The molecular weight excluding hydrogens is 428 g/mol. The summed E-state index contributed by atoms with van der Waals surface area (Å²) in [7, 11) is 0. The summed E-state index contributed by atoms with van der Waals surface area (Å²) in [6, 6.07) is 1.74. The molecule has 7 atom stereocenters. The van der Waals surface area contributed by atoms with Crippen molar-refractivity contribution in [2.45, 2.75) is 58.7 Å². The van der Waals surface area contributed by atoms with Gasteiger partial charge in [0.15, 0.2) is 11.9 Å². The molecule has 0 bridgehead atoms. The van der Waals surface area contributed by atoms with E-state index in [4.69, 9.17) is 18.6 Å². The van der Waals surface area contributed by atoms with Crippen LogP contribution in [0, 0.1) is 28.6 Å². The standard InChI is InChI=1S/C25H30O8/c1-5-9-31-22(28)17-11-18(32-14(2)26)20(27)21-24(17,3)8-6-16-23(29)33-19(12-25(16,21)4)15-7-10-30-13-15/h5,7,10,13,16-19,21H,1,6,8-9,11-12H2,2-4H3/t16-,17-,18-,19-,21-,24-,25-/m0/s1. The Labute approximate surface area is 192 Å². The van der Waals surface area contributed by atoms with Crippen LogP contribution in [0.25, 0.3) is 0 Å². The fourth-order valence-electron chi connectivity index (χ4n) is 6.56. The molecule has 8 nitrogen and oxygen atoms in total. The Bertz CT molecular complexity index is 965. The SMILES string of the molecule is C=CCOC(=O)[C@@H]1C[C@H](OC(C)=O)C(=O)[C@H]2[C@@]1(C)CC[C@H]1C(=O)O[C@H](c3ccoc3)C[C@]21C. The summed E-state index contributed by atoms with van der Waals surface area (Å²) in [5, 5.41) is 0.